The maximum absolute atomic E-state index is 13.2. The summed E-state index contributed by atoms with van der Waals surface area (Å²) in [4.78, 5) is 13.2. The lowest BCUT2D eigenvalue weighted by Gasteiger charge is -2.36. The number of carbonyl (C=O) groups excluding carboxylic acids is 1. The molecule has 2 aromatic carbocycles. The zero-order valence-electron chi connectivity index (χ0n) is 18.1. The zero-order chi connectivity index (χ0) is 23.3. The van der Waals surface area contributed by atoms with Crippen molar-refractivity contribution in [2.24, 2.45) is 11.1 Å². The van der Waals surface area contributed by atoms with Gasteiger partial charge in [-0.25, -0.2) is 4.79 Å². The van der Waals surface area contributed by atoms with Crippen LogP contribution in [-0.2, 0) is 9.53 Å². The topological polar surface area (TPSA) is 118 Å². The lowest BCUT2D eigenvalue weighted by molar-refractivity contribution is -0.150. The molecule has 0 saturated carbocycles. The lowest BCUT2D eigenvalue weighted by atomic mass is 9.64. The van der Waals surface area contributed by atoms with Crippen LogP contribution < -0.4 is 15.2 Å². The predicted octanol–water partition coefficient (Wildman–Crippen LogP) is 3.69. The quantitative estimate of drug-likeness (QED) is 0.696. The first-order valence-electron chi connectivity index (χ1n) is 9.96. The van der Waals surface area contributed by atoms with Crippen LogP contribution in [0.1, 0.15) is 24.0 Å². The van der Waals surface area contributed by atoms with Crippen molar-refractivity contribution in [1.82, 2.24) is 0 Å². The fourth-order valence-corrected chi connectivity index (χ4v) is 3.91. The Morgan fingerprint density at radius 2 is 1.78 bits per heavy atom. The van der Waals surface area contributed by atoms with Crippen LogP contribution >= 0.6 is 0 Å². The molecule has 32 heavy (non-hydrogen) atoms. The number of esters is 1. The van der Waals surface area contributed by atoms with E-state index in [1.165, 1.54) is 14.2 Å². The van der Waals surface area contributed by atoms with Crippen molar-refractivity contribution in [2.45, 2.75) is 12.8 Å². The highest BCUT2D eigenvalue weighted by Gasteiger charge is 2.54. The Labute approximate surface area is 186 Å². The number of rotatable bonds is 6. The van der Waals surface area contributed by atoms with Crippen LogP contribution in [0.2, 0.25) is 0 Å². The number of benzene rings is 2. The second-order valence-electron chi connectivity index (χ2n) is 7.08. The van der Waals surface area contributed by atoms with Crippen LogP contribution in [0.15, 0.2) is 65.9 Å². The molecule has 0 bridgehead atoms. The first-order valence-corrected chi connectivity index (χ1v) is 9.96. The second-order valence-corrected chi connectivity index (χ2v) is 7.08. The van der Waals surface area contributed by atoms with Gasteiger partial charge in [-0.05, 0) is 35.8 Å². The van der Waals surface area contributed by atoms with Crippen LogP contribution in [0.3, 0.4) is 0 Å². The molecule has 0 heterocycles. The molecule has 0 amide bonds. The molecule has 7 nitrogen and oxygen atoms in total. The number of hydrogen-bond donors (Lipinski definition) is 1. The van der Waals surface area contributed by atoms with E-state index in [1.807, 2.05) is 30.3 Å². The molecule has 0 radical (unpaired) electrons. The van der Waals surface area contributed by atoms with E-state index in [4.69, 9.17) is 19.9 Å². The average Bonchev–Trinajstić information content (AvgIpc) is 2.83. The van der Waals surface area contributed by atoms with Gasteiger partial charge >= 0.3 is 5.97 Å². The second kappa shape index (κ2) is 9.28. The van der Waals surface area contributed by atoms with E-state index in [2.05, 4.69) is 12.1 Å². The van der Waals surface area contributed by atoms with Gasteiger partial charge in [0, 0.05) is 5.92 Å². The summed E-state index contributed by atoms with van der Waals surface area (Å²) >= 11 is 0. The molecule has 1 aliphatic carbocycles. The molecule has 0 saturated heterocycles. The van der Waals surface area contributed by atoms with Crippen molar-refractivity contribution < 1.29 is 19.0 Å². The fourth-order valence-electron chi connectivity index (χ4n) is 3.91. The summed E-state index contributed by atoms with van der Waals surface area (Å²) in [5.41, 5.74) is 6.32. The number of hydrogen-bond acceptors (Lipinski definition) is 7. The minimum absolute atomic E-state index is 0.0609. The van der Waals surface area contributed by atoms with Crippen LogP contribution in [0.5, 0.6) is 11.5 Å². The predicted molar refractivity (Wildman–Crippen MR) is 118 cm³/mol. The Kier molecular flexibility index (Phi) is 6.51. The zero-order valence-corrected chi connectivity index (χ0v) is 18.1. The van der Waals surface area contributed by atoms with E-state index in [0.717, 1.165) is 5.56 Å². The van der Waals surface area contributed by atoms with Gasteiger partial charge in [0.05, 0.1) is 38.2 Å². The van der Waals surface area contributed by atoms with Gasteiger partial charge in [0.15, 0.2) is 11.5 Å². The van der Waals surface area contributed by atoms with E-state index in [0.29, 0.717) is 22.6 Å². The molecular formula is C25H23N3O4. The molecule has 162 valence electrons. The fraction of sp³-hybridized carbons (Fsp3) is 0.240. The third-order valence-electron chi connectivity index (χ3n) is 5.50. The number of nitrogens with zero attached hydrogens (tertiary/aromatic N) is 2. The van der Waals surface area contributed by atoms with E-state index in [9.17, 15) is 15.3 Å². The van der Waals surface area contributed by atoms with Crippen molar-refractivity contribution in [3.8, 4) is 23.6 Å². The summed E-state index contributed by atoms with van der Waals surface area (Å²) in [7, 11) is 3.02. The Balaban J connectivity index is 2.35. The highest BCUT2D eigenvalue weighted by Crippen LogP contribution is 2.51. The molecule has 2 N–H and O–H groups in total. The summed E-state index contributed by atoms with van der Waals surface area (Å²) in [5.74, 6) is -0.710. The SMILES string of the molecule is CCOC(=O)C1(C#N)C(N)=C(C#N)C(c2ccccc2)=CC1c1ccc(OC)c(OC)c1. The first kappa shape index (κ1) is 22.5. The average molecular weight is 429 g/mol. The van der Waals surface area contributed by atoms with Crippen molar-refractivity contribution in [3.63, 3.8) is 0 Å². The molecule has 2 unspecified atom stereocenters. The van der Waals surface area contributed by atoms with Gasteiger partial charge < -0.3 is 19.9 Å². The Morgan fingerprint density at radius 1 is 1.09 bits per heavy atom. The monoisotopic (exact) mass is 429 g/mol. The molecule has 3 rings (SSSR count). The van der Waals surface area contributed by atoms with Crippen molar-refractivity contribution >= 4 is 11.5 Å². The summed E-state index contributed by atoms with van der Waals surface area (Å²) < 4.78 is 16.0. The number of nitrogens with two attached hydrogens (primary N) is 1. The van der Waals surface area contributed by atoms with Crippen molar-refractivity contribution in [1.29, 1.82) is 10.5 Å². The summed E-state index contributed by atoms with van der Waals surface area (Å²) in [6, 6.07) is 18.5. The summed E-state index contributed by atoms with van der Waals surface area (Å²) in [6.45, 7) is 1.71. The van der Waals surface area contributed by atoms with E-state index >= 15 is 0 Å². The van der Waals surface area contributed by atoms with Crippen LogP contribution in [0.4, 0.5) is 0 Å². The van der Waals surface area contributed by atoms with Crippen molar-refractivity contribution in [3.05, 3.63) is 77.0 Å². The lowest BCUT2D eigenvalue weighted by Crippen LogP contribution is -2.44. The van der Waals surface area contributed by atoms with E-state index in [1.54, 1.807) is 31.2 Å². The van der Waals surface area contributed by atoms with Crippen LogP contribution in [0.25, 0.3) is 5.57 Å². The highest BCUT2D eigenvalue weighted by atomic mass is 16.5. The van der Waals surface area contributed by atoms with Crippen molar-refractivity contribution in [2.75, 3.05) is 20.8 Å². The molecule has 7 heteroatoms. The van der Waals surface area contributed by atoms with Gasteiger partial charge in [0.2, 0.25) is 5.41 Å². The van der Waals surface area contributed by atoms with Crippen LogP contribution in [0, 0.1) is 28.1 Å². The Bertz CT molecular complexity index is 1170. The Hall–Kier alpha value is -4.23. The first-order chi connectivity index (χ1) is 15.5. The number of ether oxygens (including phenoxy) is 3. The maximum Gasteiger partial charge on any atom is 0.333 e. The molecule has 0 spiro atoms. The van der Waals surface area contributed by atoms with Gasteiger partial charge in [-0.1, -0.05) is 42.5 Å². The minimum Gasteiger partial charge on any atom is -0.493 e. The molecule has 2 aromatic rings. The van der Waals surface area contributed by atoms with Gasteiger partial charge in [-0.2, -0.15) is 10.5 Å². The maximum atomic E-state index is 13.2. The number of methoxy groups -OCH3 is 2. The van der Waals surface area contributed by atoms with Crippen LogP contribution in [-0.4, -0.2) is 26.8 Å². The largest absolute Gasteiger partial charge is 0.493 e. The molecule has 0 fully saturated rings. The molecular weight excluding hydrogens is 406 g/mol. The van der Waals surface area contributed by atoms with Gasteiger partial charge in [-0.3, -0.25) is 0 Å². The van der Waals surface area contributed by atoms with Gasteiger partial charge in [0.25, 0.3) is 0 Å². The number of nitriles is 2. The molecule has 1 aliphatic rings. The third kappa shape index (κ3) is 3.55. The molecule has 2 atom stereocenters. The van der Waals surface area contributed by atoms with Gasteiger partial charge in [-0.15, -0.1) is 0 Å². The van der Waals surface area contributed by atoms with E-state index < -0.39 is 17.3 Å². The van der Waals surface area contributed by atoms with E-state index in [-0.39, 0.29) is 17.9 Å². The Morgan fingerprint density at radius 3 is 2.34 bits per heavy atom. The standard InChI is InChI=1S/C25H23N3O4/c1-4-32-24(29)25(15-27)20(17-10-11-21(30-2)22(12-17)31-3)13-18(19(14-26)23(25)28)16-8-6-5-7-9-16/h5-13,20H,4,28H2,1-3H3. The normalized spacial score (nSPS) is 19.9. The molecule has 0 aliphatic heterocycles. The third-order valence-corrected chi connectivity index (χ3v) is 5.50. The number of carbonyl (C=O) groups is 1. The minimum atomic E-state index is -1.92. The van der Waals surface area contributed by atoms with Gasteiger partial charge in [0.1, 0.15) is 6.07 Å². The number of allylic oxidation sites excluding steroid dienone is 3. The highest BCUT2D eigenvalue weighted by molar-refractivity contribution is 5.94. The smallest absolute Gasteiger partial charge is 0.333 e. The molecule has 0 aromatic heterocycles. The summed E-state index contributed by atoms with van der Waals surface area (Å²) in [5, 5.41) is 20.2. The summed E-state index contributed by atoms with van der Waals surface area (Å²) in [6.07, 6.45) is 1.73.